The fourth-order valence-electron chi connectivity index (χ4n) is 2.86. The first kappa shape index (κ1) is 18.0. The van der Waals surface area contributed by atoms with Gasteiger partial charge in [-0.05, 0) is 48.0 Å². The fraction of sp³-hybridized carbons (Fsp3) is 0.0952. The number of anilines is 1. The van der Waals surface area contributed by atoms with Gasteiger partial charge in [-0.3, -0.25) is 14.6 Å². The maximum absolute atomic E-state index is 12.7. The molecule has 0 saturated carbocycles. The van der Waals surface area contributed by atoms with E-state index >= 15 is 0 Å². The molecule has 1 aromatic heterocycles. The van der Waals surface area contributed by atoms with Gasteiger partial charge >= 0.3 is 0 Å². The van der Waals surface area contributed by atoms with E-state index in [0.29, 0.717) is 35.0 Å². The number of fused-ring (bicyclic) bond motifs is 1. The lowest BCUT2D eigenvalue weighted by atomic mass is 10.1. The minimum atomic E-state index is -0.332. The van der Waals surface area contributed by atoms with Crippen molar-refractivity contribution < 1.29 is 14.3 Å². The highest BCUT2D eigenvalue weighted by Gasteiger charge is 2.17. The van der Waals surface area contributed by atoms with Crippen molar-refractivity contribution in [3.63, 3.8) is 0 Å². The lowest BCUT2D eigenvalue weighted by molar-refractivity contribution is 0.0951. The van der Waals surface area contributed by atoms with Gasteiger partial charge in [0.15, 0.2) is 0 Å². The molecule has 7 heteroatoms. The molecule has 2 N–H and O–H groups in total. The number of amides is 2. The Morgan fingerprint density at radius 3 is 2.57 bits per heavy atom. The number of hydrogen-bond acceptors (Lipinski definition) is 4. The van der Waals surface area contributed by atoms with Crippen LogP contribution in [-0.2, 0) is 13.2 Å². The van der Waals surface area contributed by atoms with Crippen LogP contribution in [0.5, 0.6) is 5.75 Å². The lowest BCUT2D eigenvalue weighted by Crippen LogP contribution is -2.25. The Hall–Kier alpha value is -3.38. The quantitative estimate of drug-likeness (QED) is 0.690. The third-order valence-electron chi connectivity index (χ3n) is 4.38. The third-order valence-corrected chi connectivity index (χ3v) is 4.61. The highest BCUT2D eigenvalue weighted by atomic mass is 35.5. The highest BCUT2D eigenvalue weighted by molar-refractivity contribution is 6.31. The molecule has 28 heavy (non-hydrogen) atoms. The zero-order chi connectivity index (χ0) is 19.5. The van der Waals surface area contributed by atoms with Crippen LogP contribution in [0.3, 0.4) is 0 Å². The van der Waals surface area contributed by atoms with Crippen molar-refractivity contribution in [2.75, 3.05) is 5.32 Å². The molecular weight excluding hydrogens is 378 g/mol. The zero-order valence-corrected chi connectivity index (χ0v) is 15.5. The second-order valence-corrected chi connectivity index (χ2v) is 6.73. The Morgan fingerprint density at radius 2 is 1.86 bits per heavy atom. The summed E-state index contributed by atoms with van der Waals surface area (Å²) in [4.78, 5) is 29.0. The van der Waals surface area contributed by atoms with Gasteiger partial charge in [0.05, 0.1) is 11.3 Å². The number of nitrogens with zero attached hydrogens (tertiary/aromatic N) is 1. The van der Waals surface area contributed by atoms with Crippen LogP contribution in [-0.4, -0.2) is 16.8 Å². The molecule has 0 aliphatic carbocycles. The Labute approximate surface area is 166 Å². The molecule has 0 radical (unpaired) electrons. The number of aromatic nitrogens is 1. The lowest BCUT2D eigenvalue weighted by Gasteiger charge is -2.21. The number of carbonyl (C=O) groups excluding carboxylic acids is 2. The van der Waals surface area contributed by atoms with Crippen LogP contribution in [0.15, 0.2) is 60.9 Å². The number of rotatable bonds is 5. The largest absolute Gasteiger partial charge is 0.488 e. The standard InChI is InChI=1S/C21H16ClN3O3/c22-16-2-3-18(25-20(26)14-5-7-23-8-6-14)17(10-16)21(27)24-11-13-1-4-19-15(9-13)12-28-19/h1-10H,11-12H2,(H,24,27)(H,25,26). The fourth-order valence-corrected chi connectivity index (χ4v) is 3.03. The van der Waals surface area contributed by atoms with Crippen LogP contribution in [0, 0.1) is 0 Å². The summed E-state index contributed by atoms with van der Waals surface area (Å²) in [7, 11) is 0. The number of benzene rings is 2. The van der Waals surface area contributed by atoms with Gasteiger partial charge in [-0.2, -0.15) is 0 Å². The first-order valence-electron chi connectivity index (χ1n) is 8.64. The number of ether oxygens (including phenoxy) is 1. The van der Waals surface area contributed by atoms with E-state index in [1.807, 2.05) is 18.2 Å². The topological polar surface area (TPSA) is 80.3 Å². The van der Waals surface area contributed by atoms with Crippen molar-refractivity contribution in [3.05, 3.63) is 88.2 Å². The molecule has 2 heterocycles. The number of carbonyl (C=O) groups is 2. The van der Waals surface area contributed by atoms with Gasteiger partial charge in [-0.25, -0.2) is 0 Å². The second-order valence-electron chi connectivity index (χ2n) is 6.29. The molecule has 0 saturated heterocycles. The van der Waals surface area contributed by atoms with Gasteiger partial charge in [-0.15, -0.1) is 0 Å². The average Bonchev–Trinajstić information content (AvgIpc) is 2.69. The summed E-state index contributed by atoms with van der Waals surface area (Å²) in [6.07, 6.45) is 3.06. The Morgan fingerprint density at radius 1 is 1.04 bits per heavy atom. The Bertz CT molecular complexity index is 1050. The van der Waals surface area contributed by atoms with E-state index < -0.39 is 0 Å². The normalized spacial score (nSPS) is 11.6. The molecule has 6 nitrogen and oxygen atoms in total. The molecule has 2 aromatic carbocycles. The molecule has 1 aliphatic heterocycles. The van der Waals surface area contributed by atoms with Gasteiger partial charge < -0.3 is 15.4 Å². The Kier molecular flexibility index (Phi) is 4.95. The smallest absolute Gasteiger partial charge is 0.255 e. The first-order chi connectivity index (χ1) is 13.6. The van der Waals surface area contributed by atoms with Crippen LogP contribution >= 0.6 is 11.6 Å². The van der Waals surface area contributed by atoms with E-state index in [1.54, 1.807) is 24.3 Å². The van der Waals surface area contributed by atoms with Gasteiger partial charge in [0.2, 0.25) is 0 Å². The maximum atomic E-state index is 12.7. The molecule has 3 aromatic rings. The van der Waals surface area contributed by atoms with Gasteiger partial charge in [0.1, 0.15) is 12.4 Å². The zero-order valence-electron chi connectivity index (χ0n) is 14.7. The average molecular weight is 394 g/mol. The van der Waals surface area contributed by atoms with Crippen molar-refractivity contribution in [1.82, 2.24) is 10.3 Å². The van der Waals surface area contributed by atoms with Gasteiger partial charge in [-0.1, -0.05) is 17.7 Å². The molecule has 0 bridgehead atoms. The molecule has 0 atom stereocenters. The number of nitrogens with one attached hydrogen (secondary N) is 2. The van der Waals surface area contributed by atoms with Crippen LogP contribution in [0.4, 0.5) is 5.69 Å². The number of hydrogen-bond donors (Lipinski definition) is 2. The van der Waals surface area contributed by atoms with Gasteiger partial charge in [0, 0.05) is 35.1 Å². The summed E-state index contributed by atoms with van der Waals surface area (Å²) in [5.74, 6) is 0.221. The van der Waals surface area contributed by atoms with Crippen molar-refractivity contribution in [1.29, 1.82) is 0 Å². The molecule has 0 unspecified atom stereocenters. The van der Waals surface area contributed by atoms with E-state index in [2.05, 4.69) is 15.6 Å². The van der Waals surface area contributed by atoms with E-state index in [4.69, 9.17) is 16.3 Å². The van der Waals surface area contributed by atoms with Crippen LogP contribution < -0.4 is 15.4 Å². The molecule has 2 amide bonds. The van der Waals surface area contributed by atoms with Crippen LogP contribution in [0.2, 0.25) is 5.02 Å². The monoisotopic (exact) mass is 393 g/mol. The number of halogens is 1. The van der Waals surface area contributed by atoms with E-state index in [9.17, 15) is 9.59 Å². The summed E-state index contributed by atoms with van der Waals surface area (Å²) < 4.78 is 5.28. The second kappa shape index (κ2) is 7.70. The minimum absolute atomic E-state index is 0.294. The van der Waals surface area contributed by atoms with Crippen molar-refractivity contribution in [2.24, 2.45) is 0 Å². The van der Waals surface area contributed by atoms with Crippen molar-refractivity contribution in [3.8, 4) is 5.75 Å². The van der Waals surface area contributed by atoms with Crippen LogP contribution in [0.25, 0.3) is 0 Å². The molecule has 0 spiro atoms. The minimum Gasteiger partial charge on any atom is -0.488 e. The third kappa shape index (κ3) is 3.82. The van der Waals surface area contributed by atoms with E-state index in [0.717, 1.165) is 16.9 Å². The highest BCUT2D eigenvalue weighted by Crippen LogP contribution is 2.29. The summed E-state index contributed by atoms with van der Waals surface area (Å²) in [6, 6.07) is 13.8. The molecule has 140 valence electrons. The van der Waals surface area contributed by atoms with E-state index in [-0.39, 0.29) is 11.8 Å². The SMILES string of the molecule is O=C(Nc1ccc(Cl)cc1C(=O)NCc1ccc2c(c1)CO2)c1ccncc1. The van der Waals surface area contributed by atoms with Crippen molar-refractivity contribution in [2.45, 2.75) is 13.2 Å². The van der Waals surface area contributed by atoms with Crippen molar-refractivity contribution >= 4 is 29.1 Å². The molecule has 1 aliphatic rings. The summed E-state index contributed by atoms with van der Waals surface area (Å²) in [6.45, 7) is 0.951. The maximum Gasteiger partial charge on any atom is 0.255 e. The molecular formula is C21H16ClN3O3. The Balaban J connectivity index is 1.49. The van der Waals surface area contributed by atoms with Crippen LogP contribution in [0.1, 0.15) is 31.8 Å². The van der Waals surface area contributed by atoms with Gasteiger partial charge in [0.25, 0.3) is 11.8 Å². The first-order valence-corrected chi connectivity index (χ1v) is 9.02. The summed E-state index contributed by atoms with van der Waals surface area (Å²) in [5, 5.41) is 6.03. The summed E-state index contributed by atoms with van der Waals surface area (Å²) >= 11 is 6.06. The summed E-state index contributed by atoms with van der Waals surface area (Å²) in [5.41, 5.74) is 3.22. The molecule has 4 rings (SSSR count). The number of pyridine rings is 1. The predicted molar refractivity (Wildman–Crippen MR) is 106 cm³/mol. The predicted octanol–water partition coefficient (Wildman–Crippen LogP) is 3.81. The van der Waals surface area contributed by atoms with E-state index in [1.165, 1.54) is 18.5 Å². The molecule has 0 fully saturated rings.